The summed E-state index contributed by atoms with van der Waals surface area (Å²) in [7, 11) is 0. The van der Waals surface area contributed by atoms with Gasteiger partial charge in [0.05, 0.1) is 18.9 Å². The molecule has 1 saturated heterocycles. The van der Waals surface area contributed by atoms with Gasteiger partial charge in [0.2, 0.25) is 0 Å². The number of amides is 1. The Bertz CT molecular complexity index is 1050. The fourth-order valence-corrected chi connectivity index (χ4v) is 3.69. The van der Waals surface area contributed by atoms with Gasteiger partial charge in [-0.05, 0) is 59.7 Å². The molecule has 2 aromatic carbocycles. The highest BCUT2D eigenvalue weighted by molar-refractivity contribution is 5.96. The molecule has 0 saturated carbocycles. The summed E-state index contributed by atoms with van der Waals surface area (Å²) in [5, 5.41) is 14.3. The minimum Gasteiger partial charge on any atom is -0.379 e. The van der Waals surface area contributed by atoms with E-state index in [1.54, 1.807) is 24.3 Å². The van der Waals surface area contributed by atoms with Gasteiger partial charge < -0.3 is 10.1 Å². The van der Waals surface area contributed by atoms with Crippen LogP contribution >= 0.6 is 0 Å². The van der Waals surface area contributed by atoms with Gasteiger partial charge in [0.15, 0.2) is 0 Å². The number of hydrogen-bond acceptors (Lipinski definition) is 6. The van der Waals surface area contributed by atoms with Gasteiger partial charge in [-0.1, -0.05) is 12.1 Å². The number of carbonyl (C=O) groups excluding carboxylic acids is 1. The van der Waals surface area contributed by atoms with E-state index in [0.29, 0.717) is 35.6 Å². The van der Waals surface area contributed by atoms with Crippen LogP contribution in [0, 0.1) is 12.7 Å². The summed E-state index contributed by atoms with van der Waals surface area (Å²) < 4.78 is 21.5. The number of nitrogens with zero attached hydrogens (tertiary/aromatic N) is 5. The Morgan fingerprint density at radius 3 is 2.74 bits per heavy atom. The zero-order valence-corrected chi connectivity index (χ0v) is 17.6. The third-order valence-electron chi connectivity index (χ3n) is 5.24. The molecule has 1 atom stereocenters. The van der Waals surface area contributed by atoms with Crippen LogP contribution < -0.4 is 5.32 Å². The Balaban J connectivity index is 1.61. The number of tetrazole rings is 1. The number of hydrogen-bond donors (Lipinski definition) is 1. The summed E-state index contributed by atoms with van der Waals surface area (Å²) in [6.45, 7) is 7.66. The van der Waals surface area contributed by atoms with E-state index in [4.69, 9.17) is 4.74 Å². The Morgan fingerprint density at radius 1 is 1.23 bits per heavy atom. The maximum absolute atomic E-state index is 14.7. The van der Waals surface area contributed by atoms with Crippen molar-refractivity contribution >= 4 is 5.91 Å². The van der Waals surface area contributed by atoms with Crippen LogP contribution in [-0.2, 0) is 4.74 Å². The van der Waals surface area contributed by atoms with Gasteiger partial charge in [0.25, 0.3) is 5.91 Å². The highest BCUT2D eigenvalue weighted by atomic mass is 19.1. The van der Waals surface area contributed by atoms with Gasteiger partial charge in [-0.25, -0.2) is 9.07 Å². The molecular weight excluding hydrogens is 399 g/mol. The van der Waals surface area contributed by atoms with Crippen LogP contribution in [0.25, 0.3) is 16.8 Å². The van der Waals surface area contributed by atoms with Crippen LogP contribution in [0.3, 0.4) is 0 Å². The van der Waals surface area contributed by atoms with E-state index < -0.39 is 0 Å². The van der Waals surface area contributed by atoms with Crippen molar-refractivity contribution in [1.29, 1.82) is 0 Å². The van der Waals surface area contributed by atoms with Crippen LogP contribution in [-0.4, -0.2) is 69.9 Å². The molecule has 0 bridgehead atoms. The maximum Gasteiger partial charge on any atom is 0.251 e. The third kappa shape index (κ3) is 5.12. The molecule has 3 aromatic rings. The number of aryl methyl sites for hydroxylation is 1. The Kier molecular flexibility index (Phi) is 6.34. The largest absolute Gasteiger partial charge is 0.379 e. The summed E-state index contributed by atoms with van der Waals surface area (Å²) in [5.41, 5.74) is 2.81. The molecule has 1 aliphatic rings. The first-order chi connectivity index (χ1) is 15.0. The lowest BCUT2D eigenvalue weighted by atomic mass is 10.00. The van der Waals surface area contributed by atoms with E-state index in [0.717, 1.165) is 25.2 Å². The molecular formula is C22H25FN6O2. The molecule has 0 unspecified atom stereocenters. The van der Waals surface area contributed by atoms with Crippen molar-refractivity contribution < 1.29 is 13.9 Å². The predicted molar refractivity (Wildman–Crippen MR) is 113 cm³/mol. The molecule has 0 radical (unpaired) electrons. The van der Waals surface area contributed by atoms with Gasteiger partial charge in [-0.3, -0.25) is 9.69 Å². The second-order valence-electron chi connectivity index (χ2n) is 7.79. The molecule has 8 nitrogen and oxygen atoms in total. The molecule has 31 heavy (non-hydrogen) atoms. The first kappa shape index (κ1) is 21.1. The van der Waals surface area contributed by atoms with Crippen LogP contribution in [0.1, 0.15) is 22.8 Å². The van der Waals surface area contributed by atoms with Crippen molar-refractivity contribution in [2.24, 2.45) is 0 Å². The lowest BCUT2D eigenvalue weighted by Crippen LogP contribution is -2.46. The first-order valence-electron chi connectivity index (χ1n) is 10.3. The molecule has 0 aliphatic carbocycles. The van der Waals surface area contributed by atoms with Gasteiger partial charge in [-0.15, -0.1) is 5.10 Å². The second-order valence-corrected chi connectivity index (χ2v) is 7.79. The molecule has 2 heterocycles. The van der Waals surface area contributed by atoms with Crippen molar-refractivity contribution in [3.05, 3.63) is 59.7 Å². The quantitative estimate of drug-likeness (QED) is 0.653. The van der Waals surface area contributed by atoms with E-state index in [1.807, 2.05) is 19.9 Å². The fraction of sp³-hybridized carbons (Fsp3) is 0.364. The van der Waals surface area contributed by atoms with Crippen LogP contribution in [0.5, 0.6) is 0 Å². The number of benzene rings is 2. The normalized spacial score (nSPS) is 15.6. The average Bonchev–Trinajstić information content (AvgIpc) is 3.29. The number of morpholine rings is 1. The molecule has 4 rings (SSSR count). The minimum absolute atomic E-state index is 0.0538. The van der Waals surface area contributed by atoms with E-state index in [9.17, 15) is 9.18 Å². The van der Waals surface area contributed by atoms with Crippen LogP contribution in [0.2, 0.25) is 0 Å². The summed E-state index contributed by atoms with van der Waals surface area (Å²) in [5.74, 6) is -0.578. The number of nitrogens with one attached hydrogen (secondary N) is 1. The molecule has 1 amide bonds. The molecule has 9 heteroatoms. The van der Waals surface area contributed by atoms with Gasteiger partial charge in [0, 0.05) is 36.8 Å². The predicted octanol–water partition coefficient (Wildman–Crippen LogP) is 2.23. The lowest BCUT2D eigenvalue weighted by molar-refractivity contribution is 0.0342. The third-order valence-corrected chi connectivity index (χ3v) is 5.24. The van der Waals surface area contributed by atoms with Crippen molar-refractivity contribution in [2.45, 2.75) is 19.9 Å². The fourth-order valence-electron chi connectivity index (χ4n) is 3.69. The van der Waals surface area contributed by atoms with Gasteiger partial charge in [-0.2, -0.15) is 0 Å². The second kappa shape index (κ2) is 9.32. The summed E-state index contributed by atoms with van der Waals surface area (Å²) >= 11 is 0. The molecule has 162 valence electrons. The SMILES string of the molecule is Cc1ccc(-c2cc(C(=O)N[C@H](C)CN3CCOCC3)cc(-n3cnnn3)c2)c(F)c1. The Hall–Kier alpha value is -3.17. The van der Waals surface area contributed by atoms with E-state index in [2.05, 4.69) is 25.7 Å². The summed E-state index contributed by atoms with van der Waals surface area (Å²) in [4.78, 5) is 15.3. The molecule has 1 N–H and O–H groups in total. The molecule has 1 aromatic heterocycles. The van der Waals surface area contributed by atoms with Gasteiger partial charge >= 0.3 is 0 Å². The van der Waals surface area contributed by atoms with Crippen molar-refractivity contribution in [1.82, 2.24) is 30.4 Å². The van der Waals surface area contributed by atoms with Gasteiger partial charge in [0.1, 0.15) is 12.1 Å². The first-order valence-corrected chi connectivity index (χ1v) is 10.3. The minimum atomic E-state index is -0.346. The average molecular weight is 424 g/mol. The number of aromatic nitrogens is 4. The highest BCUT2D eigenvalue weighted by Gasteiger charge is 2.18. The summed E-state index contributed by atoms with van der Waals surface area (Å²) in [6.07, 6.45) is 1.44. The van der Waals surface area contributed by atoms with E-state index in [-0.39, 0.29) is 17.8 Å². The Morgan fingerprint density at radius 2 is 2.03 bits per heavy atom. The lowest BCUT2D eigenvalue weighted by Gasteiger charge is -2.29. The number of ether oxygens (including phenoxy) is 1. The standard InChI is InChI=1S/C22H25FN6O2/c1-15-3-4-20(21(23)9-15)17-10-18(12-19(11-17)29-14-24-26-27-29)22(30)25-16(2)13-28-5-7-31-8-6-28/h3-4,9-12,14,16H,5-8,13H2,1-2H3,(H,25,30)/t16-/m1/s1. The topological polar surface area (TPSA) is 85.2 Å². The number of rotatable bonds is 6. The number of carbonyl (C=O) groups is 1. The molecule has 1 fully saturated rings. The zero-order valence-electron chi connectivity index (χ0n) is 17.6. The highest BCUT2D eigenvalue weighted by Crippen LogP contribution is 2.27. The maximum atomic E-state index is 14.7. The summed E-state index contributed by atoms with van der Waals surface area (Å²) in [6, 6.07) is 10.1. The van der Waals surface area contributed by atoms with Crippen molar-refractivity contribution in [2.75, 3.05) is 32.8 Å². The Labute approximate surface area is 180 Å². The number of halogens is 1. The smallest absolute Gasteiger partial charge is 0.251 e. The van der Waals surface area contributed by atoms with E-state index >= 15 is 0 Å². The van der Waals surface area contributed by atoms with Crippen LogP contribution in [0.4, 0.5) is 4.39 Å². The molecule has 0 spiro atoms. The molecule has 1 aliphatic heterocycles. The monoisotopic (exact) mass is 424 g/mol. The van der Waals surface area contributed by atoms with E-state index in [1.165, 1.54) is 17.1 Å². The van der Waals surface area contributed by atoms with Crippen molar-refractivity contribution in [3.63, 3.8) is 0 Å². The van der Waals surface area contributed by atoms with Crippen molar-refractivity contribution in [3.8, 4) is 16.8 Å². The van der Waals surface area contributed by atoms with Crippen LogP contribution in [0.15, 0.2) is 42.7 Å². The zero-order chi connectivity index (χ0) is 21.8.